The van der Waals surface area contributed by atoms with E-state index in [1.54, 1.807) is 6.92 Å². The van der Waals surface area contributed by atoms with E-state index >= 15 is 0 Å². The van der Waals surface area contributed by atoms with Crippen LogP contribution in [0, 0.1) is 0 Å². The van der Waals surface area contributed by atoms with Crippen molar-refractivity contribution in [2.75, 3.05) is 6.61 Å². The number of rotatable bonds is 3. The summed E-state index contributed by atoms with van der Waals surface area (Å²) in [5.74, 6) is -2.24. The first-order valence-corrected chi connectivity index (χ1v) is 3.39. The molecule has 1 N–H and O–H groups in total. The number of hydrogen-bond acceptors (Lipinski definition) is 6. The summed E-state index contributed by atoms with van der Waals surface area (Å²) in [5.41, 5.74) is -0.965. The number of aromatic carboxylic acids is 1. The standard InChI is InChI=1S/C6H6N2O5/c1-2-12-6(11)4-3(5(9)10)7-13-8-4/h2H2,1H3,(H,9,10). The number of nitrogens with zero attached hydrogens (tertiary/aromatic N) is 2. The molecule has 0 aliphatic heterocycles. The average Bonchev–Trinajstić information content (AvgIpc) is 2.52. The lowest BCUT2D eigenvalue weighted by Gasteiger charge is -1.95. The van der Waals surface area contributed by atoms with Gasteiger partial charge < -0.3 is 9.84 Å². The molecule has 1 aromatic rings. The van der Waals surface area contributed by atoms with Gasteiger partial charge in [-0.05, 0) is 17.2 Å². The Morgan fingerprint density at radius 1 is 1.46 bits per heavy atom. The second-order valence-corrected chi connectivity index (χ2v) is 1.99. The van der Waals surface area contributed by atoms with Crippen LogP contribution in [-0.2, 0) is 4.74 Å². The molecule has 1 rings (SSSR count). The van der Waals surface area contributed by atoms with Gasteiger partial charge in [-0.25, -0.2) is 14.2 Å². The largest absolute Gasteiger partial charge is 0.476 e. The van der Waals surface area contributed by atoms with Gasteiger partial charge in [0.05, 0.1) is 6.61 Å². The summed E-state index contributed by atoms with van der Waals surface area (Å²) < 4.78 is 8.61. The first-order valence-electron chi connectivity index (χ1n) is 3.39. The molecule has 0 saturated heterocycles. The Bertz CT molecular complexity index is 332. The Hall–Kier alpha value is -1.92. The van der Waals surface area contributed by atoms with Crippen LogP contribution in [0.4, 0.5) is 0 Å². The zero-order valence-electron chi connectivity index (χ0n) is 6.68. The lowest BCUT2D eigenvalue weighted by molar-refractivity contribution is 0.0504. The molecule has 0 aromatic carbocycles. The summed E-state index contributed by atoms with van der Waals surface area (Å²) in [7, 11) is 0. The molecule has 0 amide bonds. The van der Waals surface area contributed by atoms with E-state index in [-0.39, 0.29) is 6.61 Å². The highest BCUT2D eigenvalue weighted by Gasteiger charge is 2.24. The van der Waals surface area contributed by atoms with Crippen LogP contribution >= 0.6 is 0 Å². The first-order chi connectivity index (χ1) is 6.16. The Labute approximate surface area is 72.3 Å². The third-order valence-corrected chi connectivity index (χ3v) is 1.16. The normalized spacial score (nSPS) is 9.62. The van der Waals surface area contributed by atoms with Gasteiger partial charge in [0.1, 0.15) is 0 Å². The topological polar surface area (TPSA) is 103 Å². The lowest BCUT2D eigenvalue weighted by atomic mass is 10.3. The maximum absolute atomic E-state index is 11.0. The van der Waals surface area contributed by atoms with Gasteiger partial charge in [-0.3, -0.25) is 0 Å². The average molecular weight is 186 g/mol. The molecule has 0 radical (unpaired) electrons. The Kier molecular flexibility index (Phi) is 2.58. The predicted molar refractivity (Wildman–Crippen MR) is 37.2 cm³/mol. The highest BCUT2D eigenvalue weighted by Crippen LogP contribution is 2.04. The number of ether oxygens (including phenoxy) is 1. The SMILES string of the molecule is CCOC(=O)c1nonc1C(=O)O. The van der Waals surface area contributed by atoms with Crippen molar-refractivity contribution in [2.24, 2.45) is 0 Å². The van der Waals surface area contributed by atoms with Crippen molar-refractivity contribution in [3.63, 3.8) is 0 Å². The fourth-order valence-corrected chi connectivity index (χ4v) is 0.662. The molecule has 0 spiro atoms. The Balaban J connectivity index is 2.93. The Morgan fingerprint density at radius 2 is 2.08 bits per heavy atom. The number of hydrogen-bond donors (Lipinski definition) is 1. The molecule has 1 heterocycles. The number of carboxylic acids is 1. The van der Waals surface area contributed by atoms with Crippen molar-refractivity contribution in [1.29, 1.82) is 0 Å². The van der Waals surface area contributed by atoms with Gasteiger partial charge in [-0.2, -0.15) is 0 Å². The fraction of sp³-hybridized carbons (Fsp3) is 0.333. The van der Waals surface area contributed by atoms with E-state index in [0.717, 1.165) is 0 Å². The van der Waals surface area contributed by atoms with E-state index in [1.807, 2.05) is 0 Å². The van der Waals surface area contributed by atoms with Gasteiger partial charge >= 0.3 is 11.9 Å². The maximum atomic E-state index is 11.0. The van der Waals surface area contributed by atoms with Crippen LogP contribution in [-0.4, -0.2) is 34.0 Å². The summed E-state index contributed by atoms with van der Waals surface area (Å²) in [4.78, 5) is 21.4. The lowest BCUT2D eigenvalue weighted by Crippen LogP contribution is -2.11. The van der Waals surface area contributed by atoms with Gasteiger partial charge in [0.15, 0.2) is 0 Å². The summed E-state index contributed by atoms with van der Waals surface area (Å²) in [6.07, 6.45) is 0. The summed E-state index contributed by atoms with van der Waals surface area (Å²) in [5, 5.41) is 14.6. The fourth-order valence-electron chi connectivity index (χ4n) is 0.662. The van der Waals surface area contributed by atoms with Crippen LogP contribution in [0.15, 0.2) is 4.63 Å². The van der Waals surface area contributed by atoms with E-state index < -0.39 is 23.3 Å². The highest BCUT2D eigenvalue weighted by atomic mass is 16.6. The number of carboxylic acid groups (broad SMARTS) is 1. The number of aromatic nitrogens is 2. The van der Waals surface area contributed by atoms with Gasteiger partial charge in [0.25, 0.3) is 0 Å². The first kappa shape index (κ1) is 9.17. The molecule has 1 aromatic heterocycles. The van der Waals surface area contributed by atoms with E-state index in [4.69, 9.17) is 5.11 Å². The van der Waals surface area contributed by atoms with E-state index in [2.05, 4.69) is 19.7 Å². The molecule has 0 unspecified atom stereocenters. The predicted octanol–water partition coefficient (Wildman–Crippen LogP) is -0.0555. The van der Waals surface area contributed by atoms with Crippen molar-refractivity contribution in [2.45, 2.75) is 6.92 Å². The quantitative estimate of drug-likeness (QED) is 0.659. The molecule has 0 aliphatic rings. The molecule has 0 bridgehead atoms. The Morgan fingerprint density at radius 3 is 2.62 bits per heavy atom. The molecule has 0 fully saturated rings. The summed E-state index contributed by atoms with van der Waals surface area (Å²) in [6.45, 7) is 1.72. The second kappa shape index (κ2) is 3.65. The van der Waals surface area contributed by atoms with E-state index in [9.17, 15) is 9.59 Å². The van der Waals surface area contributed by atoms with E-state index in [0.29, 0.717) is 0 Å². The maximum Gasteiger partial charge on any atom is 0.363 e. The molecule has 7 heteroatoms. The van der Waals surface area contributed by atoms with Gasteiger partial charge in [0.2, 0.25) is 11.4 Å². The number of carbonyl (C=O) groups excluding carboxylic acids is 1. The molecule has 0 atom stereocenters. The molecule has 0 aliphatic carbocycles. The van der Waals surface area contributed by atoms with Crippen LogP contribution in [0.3, 0.4) is 0 Å². The molecule has 13 heavy (non-hydrogen) atoms. The van der Waals surface area contributed by atoms with Crippen LogP contribution in [0.2, 0.25) is 0 Å². The third-order valence-electron chi connectivity index (χ3n) is 1.16. The molecular weight excluding hydrogens is 180 g/mol. The highest BCUT2D eigenvalue weighted by molar-refractivity contribution is 5.99. The summed E-state index contributed by atoms with van der Waals surface area (Å²) >= 11 is 0. The second-order valence-electron chi connectivity index (χ2n) is 1.99. The van der Waals surface area contributed by atoms with Crippen molar-refractivity contribution >= 4 is 11.9 Å². The third kappa shape index (κ3) is 1.81. The van der Waals surface area contributed by atoms with Crippen molar-refractivity contribution in [1.82, 2.24) is 10.3 Å². The minimum atomic E-state index is -1.38. The molecule has 7 nitrogen and oxygen atoms in total. The van der Waals surface area contributed by atoms with Crippen molar-refractivity contribution in [3.8, 4) is 0 Å². The van der Waals surface area contributed by atoms with E-state index in [1.165, 1.54) is 0 Å². The van der Waals surface area contributed by atoms with Gasteiger partial charge in [0, 0.05) is 0 Å². The number of esters is 1. The van der Waals surface area contributed by atoms with Crippen LogP contribution < -0.4 is 0 Å². The monoisotopic (exact) mass is 186 g/mol. The van der Waals surface area contributed by atoms with Crippen LogP contribution in [0.25, 0.3) is 0 Å². The van der Waals surface area contributed by atoms with Crippen molar-refractivity contribution in [3.05, 3.63) is 11.4 Å². The van der Waals surface area contributed by atoms with Crippen LogP contribution in [0.1, 0.15) is 27.9 Å². The van der Waals surface area contributed by atoms with Crippen LogP contribution in [0.5, 0.6) is 0 Å². The zero-order chi connectivity index (χ0) is 9.84. The smallest absolute Gasteiger partial charge is 0.363 e. The zero-order valence-corrected chi connectivity index (χ0v) is 6.68. The van der Waals surface area contributed by atoms with Crippen molar-refractivity contribution < 1.29 is 24.1 Å². The minimum Gasteiger partial charge on any atom is -0.476 e. The van der Waals surface area contributed by atoms with Gasteiger partial charge in [-0.1, -0.05) is 0 Å². The molecule has 70 valence electrons. The van der Waals surface area contributed by atoms with Gasteiger partial charge in [-0.15, -0.1) is 0 Å². The molecular formula is C6H6N2O5. The number of carbonyl (C=O) groups is 2. The summed E-state index contributed by atoms with van der Waals surface area (Å²) in [6, 6.07) is 0. The molecule has 0 saturated carbocycles. The minimum absolute atomic E-state index is 0.130.